The molecule has 0 fully saturated rings. The van der Waals surface area contributed by atoms with Crippen LogP contribution >= 0.6 is 11.8 Å². The van der Waals surface area contributed by atoms with Crippen LogP contribution in [0.3, 0.4) is 0 Å². The first kappa shape index (κ1) is 23.6. The topological polar surface area (TPSA) is 88.1 Å². The molecule has 0 aliphatic carbocycles. The number of hydrogen-bond donors (Lipinski definition) is 0. The van der Waals surface area contributed by atoms with Crippen molar-refractivity contribution in [1.82, 2.24) is 25.0 Å². The third-order valence-corrected chi connectivity index (χ3v) is 6.60. The molecule has 0 aliphatic rings. The second-order valence-electron chi connectivity index (χ2n) is 8.06. The number of thioether (sulfide) groups is 1. The Hall–Kier alpha value is -4.11. The molecule has 2 heterocycles. The summed E-state index contributed by atoms with van der Waals surface area (Å²) >= 11 is 1.50. The van der Waals surface area contributed by atoms with E-state index in [2.05, 4.69) is 20.4 Å². The molecule has 5 rings (SSSR count). The highest BCUT2D eigenvalue weighted by Crippen LogP contribution is 2.36. The number of para-hydroxylation sites is 2. The molecule has 0 bridgehead atoms. The van der Waals surface area contributed by atoms with E-state index in [0.29, 0.717) is 22.8 Å². The summed E-state index contributed by atoms with van der Waals surface area (Å²) < 4.78 is 19.3. The highest BCUT2D eigenvalue weighted by atomic mass is 32.2. The van der Waals surface area contributed by atoms with E-state index in [9.17, 15) is 0 Å². The smallest absolute Gasteiger partial charge is 0.247 e. The lowest BCUT2D eigenvalue weighted by molar-refractivity contribution is 0.291. The number of methoxy groups -OCH3 is 1. The zero-order chi connectivity index (χ0) is 24.9. The summed E-state index contributed by atoms with van der Waals surface area (Å²) in [4.78, 5) is 0. The van der Waals surface area contributed by atoms with Crippen molar-refractivity contribution in [2.24, 2.45) is 0 Å². The lowest BCUT2D eigenvalue weighted by Gasteiger charge is -2.13. The predicted molar refractivity (Wildman–Crippen MR) is 137 cm³/mol. The Balaban J connectivity index is 1.38. The van der Waals surface area contributed by atoms with Gasteiger partial charge in [-0.1, -0.05) is 48.2 Å². The molecule has 1 atom stereocenters. The summed E-state index contributed by atoms with van der Waals surface area (Å²) in [5, 5.41) is 18.0. The van der Waals surface area contributed by atoms with Crippen LogP contribution in [0.1, 0.15) is 29.5 Å². The zero-order valence-electron chi connectivity index (χ0n) is 20.2. The molecule has 0 amide bonds. The Morgan fingerprint density at radius 1 is 0.889 bits per heavy atom. The second-order valence-corrected chi connectivity index (χ2v) is 9.37. The first-order valence-corrected chi connectivity index (χ1v) is 12.3. The van der Waals surface area contributed by atoms with Gasteiger partial charge in [0.25, 0.3) is 0 Å². The van der Waals surface area contributed by atoms with Crippen LogP contribution < -0.4 is 9.47 Å². The van der Waals surface area contributed by atoms with Gasteiger partial charge in [-0.25, -0.2) is 0 Å². The van der Waals surface area contributed by atoms with E-state index in [1.165, 1.54) is 11.8 Å². The van der Waals surface area contributed by atoms with Crippen molar-refractivity contribution in [3.63, 3.8) is 0 Å². The summed E-state index contributed by atoms with van der Waals surface area (Å²) in [6.45, 7) is 4.30. The van der Waals surface area contributed by atoms with Crippen LogP contribution in [0.25, 0.3) is 17.1 Å². The van der Waals surface area contributed by atoms with Crippen molar-refractivity contribution in [2.75, 3.05) is 7.11 Å². The molecule has 8 nitrogen and oxygen atoms in total. The van der Waals surface area contributed by atoms with Crippen molar-refractivity contribution in [3.8, 4) is 28.6 Å². The molecule has 5 aromatic rings. The van der Waals surface area contributed by atoms with Crippen LogP contribution in [0.2, 0.25) is 0 Å². The minimum atomic E-state index is -0.152. The van der Waals surface area contributed by atoms with Crippen molar-refractivity contribution in [1.29, 1.82) is 0 Å². The molecule has 1 unspecified atom stereocenters. The van der Waals surface area contributed by atoms with Gasteiger partial charge in [-0.3, -0.25) is 4.57 Å². The van der Waals surface area contributed by atoms with E-state index in [0.717, 1.165) is 28.3 Å². The van der Waals surface area contributed by atoms with E-state index >= 15 is 0 Å². The minimum Gasteiger partial charge on any atom is -0.497 e. The van der Waals surface area contributed by atoms with Gasteiger partial charge < -0.3 is 13.9 Å². The highest BCUT2D eigenvalue weighted by Gasteiger charge is 2.22. The molecule has 2 aromatic heterocycles. The van der Waals surface area contributed by atoms with Gasteiger partial charge >= 0.3 is 0 Å². The van der Waals surface area contributed by atoms with Gasteiger partial charge in [0.2, 0.25) is 11.8 Å². The minimum absolute atomic E-state index is 0.152. The van der Waals surface area contributed by atoms with E-state index in [4.69, 9.17) is 13.9 Å². The van der Waals surface area contributed by atoms with Crippen LogP contribution in [-0.2, 0) is 6.61 Å². The van der Waals surface area contributed by atoms with Crippen molar-refractivity contribution < 1.29 is 13.9 Å². The van der Waals surface area contributed by atoms with Crippen LogP contribution in [0, 0.1) is 6.92 Å². The highest BCUT2D eigenvalue weighted by molar-refractivity contribution is 7.99. The fraction of sp³-hybridized carbons (Fsp3) is 0.185. The molecule has 0 N–H and O–H groups in total. The lowest BCUT2D eigenvalue weighted by Crippen LogP contribution is -2.07. The number of ether oxygens (including phenoxy) is 2. The Labute approximate surface area is 213 Å². The quantitative estimate of drug-likeness (QED) is 0.226. The predicted octanol–water partition coefficient (Wildman–Crippen LogP) is 6.07. The molecule has 0 spiro atoms. The Kier molecular flexibility index (Phi) is 6.99. The maximum atomic E-state index is 6.07. The van der Waals surface area contributed by atoms with Gasteiger partial charge in [0, 0.05) is 11.3 Å². The normalized spacial score (nSPS) is 11.9. The van der Waals surface area contributed by atoms with Crippen LogP contribution in [-0.4, -0.2) is 32.1 Å². The van der Waals surface area contributed by atoms with E-state index in [-0.39, 0.29) is 11.9 Å². The van der Waals surface area contributed by atoms with E-state index in [1.54, 1.807) is 7.11 Å². The number of benzene rings is 3. The zero-order valence-corrected chi connectivity index (χ0v) is 21.0. The standard InChI is InChI=1S/C27H25N5O3S/c1-18-9-7-8-12-23(18)34-17-24-28-31-27(32(24)21-10-5-4-6-11-21)36-19(2)25-29-30-26(35-25)20-13-15-22(33-3)16-14-20/h4-16,19H,17H2,1-3H3. The summed E-state index contributed by atoms with van der Waals surface area (Å²) in [5.41, 5.74) is 2.84. The molecule has 0 saturated carbocycles. The third kappa shape index (κ3) is 5.11. The van der Waals surface area contributed by atoms with E-state index in [1.807, 2.05) is 97.3 Å². The fourth-order valence-corrected chi connectivity index (χ4v) is 4.54. The first-order valence-electron chi connectivity index (χ1n) is 11.4. The Morgan fingerprint density at radius 2 is 1.64 bits per heavy atom. The number of aryl methyl sites for hydroxylation is 1. The van der Waals surface area contributed by atoms with Gasteiger partial charge in [0.1, 0.15) is 18.1 Å². The van der Waals surface area contributed by atoms with Crippen LogP contribution in [0.15, 0.2) is 88.4 Å². The Bertz CT molecular complexity index is 1430. The van der Waals surface area contributed by atoms with E-state index < -0.39 is 0 Å². The fourth-order valence-electron chi connectivity index (χ4n) is 3.62. The maximum absolute atomic E-state index is 6.07. The lowest BCUT2D eigenvalue weighted by atomic mass is 10.2. The summed E-state index contributed by atoms with van der Waals surface area (Å²) in [7, 11) is 1.63. The maximum Gasteiger partial charge on any atom is 0.247 e. The van der Waals surface area contributed by atoms with Gasteiger partial charge in [-0.2, -0.15) is 0 Å². The number of hydrogen-bond acceptors (Lipinski definition) is 8. The number of aromatic nitrogens is 5. The van der Waals surface area contributed by atoms with Crippen molar-refractivity contribution in [3.05, 3.63) is 96.1 Å². The summed E-state index contributed by atoms with van der Waals surface area (Å²) in [5.74, 6) is 3.25. The number of rotatable bonds is 9. The number of nitrogens with zero attached hydrogens (tertiary/aromatic N) is 5. The Morgan fingerprint density at radius 3 is 2.39 bits per heavy atom. The van der Waals surface area contributed by atoms with Gasteiger partial charge in [0.15, 0.2) is 11.0 Å². The molecule has 36 heavy (non-hydrogen) atoms. The molecule has 182 valence electrons. The summed E-state index contributed by atoms with van der Waals surface area (Å²) in [6.07, 6.45) is 0. The van der Waals surface area contributed by atoms with Crippen LogP contribution in [0.5, 0.6) is 11.5 Å². The molecule has 3 aromatic carbocycles. The molecule has 0 aliphatic heterocycles. The van der Waals surface area contributed by atoms with Crippen molar-refractivity contribution >= 4 is 11.8 Å². The summed E-state index contributed by atoms with van der Waals surface area (Å²) in [6, 6.07) is 25.4. The molecular formula is C27H25N5O3S. The van der Waals surface area contributed by atoms with Gasteiger partial charge in [-0.15, -0.1) is 20.4 Å². The molecular weight excluding hydrogens is 474 g/mol. The van der Waals surface area contributed by atoms with Gasteiger partial charge in [-0.05, 0) is 61.9 Å². The van der Waals surface area contributed by atoms with Gasteiger partial charge in [0.05, 0.1) is 12.4 Å². The van der Waals surface area contributed by atoms with Crippen molar-refractivity contribution in [2.45, 2.75) is 30.9 Å². The average Bonchev–Trinajstić information content (AvgIpc) is 3.57. The SMILES string of the molecule is COc1ccc(-c2nnc(C(C)Sc3nnc(COc4ccccc4C)n3-c3ccccc3)o2)cc1. The third-order valence-electron chi connectivity index (χ3n) is 5.57. The second kappa shape index (κ2) is 10.7. The largest absolute Gasteiger partial charge is 0.497 e. The first-order chi connectivity index (χ1) is 17.6. The molecule has 0 saturated heterocycles. The average molecular weight is 500 g/mol. The van der Waals surface area contributed by atoms with Crippen LogP contribution in [0.4, 0.5) is 0 Å². The monoisotopic (exact) mass is 499 g/mol. The molecule has 0 radical (unpaired) electrons. The molecule has 9 heteroatoms.